The molecule has 0 unspecified atom stereocenters. The van der Waals surface area contributed by atoms with Gasteiger partial charge in [-0.2, -0.15) is 5.26 Å². The zero-order valence-electron chi connectivity index (χ0n) is 19.3. The molecular weight excluding hydrogens is 458 g/mol. The fourth-order valence-electron chi connectivity index (χ4n) is 3.51. The summed E-state index contributed by atoms with van der Waals surface area (Å²) in [6.45, 7) is 6.09. The second-order valence-corrected chi connectivity index (χ2v) is 9.98. The predicted octanol–water partition coefficient (Wildman–Crippen LogP) is 2.15. The number of aromatic hydroxyl groups is 1. The number of hydrogen-bond donors (Lipinski definition) is 2. The molecular formula is C24H29N3O6S. The maximum Gasteiger partial charge on any atom is 0.260 e. The van der Waals surface area contributed by atoms with Crippen molar-refractivity contribution in [2.45, 2.75) is 31.1 Å². The van der Waals surface area contributed by atoms with Gasteiger partial charge in [0, 0.05) is 19.6 Å². The number of benzene rings is 2. The van der Waals surface area contributed by atoms with E-state index in [-0.39, 0.29) is 35.4 Å². The Balaban J connectivity index is 1.70. The number of hydrogen-bond acceptors (Lipinski definition) is 7. The summed E-state index contributed by atoms with van der Waals surface area (Å²) < 4.78 is 38.9. The summed E-state index contributed by atoms with van der Waals surface area (Å²) in [5.74, 6) is 0.220. The van der Waals surface area contributed by atoms with Crippen molar-refractivity contribution in [2.75, 3.05) is 39.5 Å². The van der Waals surface area contributed by atoms with E-state index in [2.05, 4.69) is 4.72 Å². The molecule has 1 aliphatic heterocycles. The molecule has 10 heteroatoms. The minimum absolute atomic E-state index is 0.0351. The van der Waals surface area contributed by atoms with Gasteiger partial charge in [0.15, 0.2) is 6.61 Å². The monoisotopic (exact) mass is 487 g/mol. The Bertz CT molecular complexity index is 1170. The average molecular weight is 488 g/mol. The Kier molecular flexibility index (Phi) is 8.50. The van der Waals surface area contributed by atoms with Crippen LogP contribution < -0.4 is 9.46 Å². The topological polar surface area (TPSA) is 129 Å². The van der Waals surface area contributed by atoms with E-state index in [0.717, 1.165) is 17.2 Å². The van der Waals surface area contributed by atoms with Gasteiger partial charge in [-0.15, -0.1) is 0 Å². The van der Waals surface area contributed by atoms with Crippen molar-refractivity contribution in [1.82, 2.24) is 9.62 Å². The molecule has 9 nitrogen and oxygen atoms in total. The number of nitrogens with one attached hydrogen (secondary N) is 1. The van der Waals surface area contributed by atoms with Crippen molar-refractivity contribution in [3.63, 3.8) is 0 Å². The van der Waals surface area contributed by atoms with Gasteiger partial charge in [-0.1, -0.05) is 26.0 Å². The number of nitrogens with zero attached hydrogens (tertiary/aromatic N) is 2. The van der Waals surface area contributed by atoms with Crippen LogP contribution in [0.25, 0.3) is 0 Å². The summed E-state index contributed by atoms with van der Waals surface area (Å²) in [5.41, 5.74) is 1.91. The Hall–Kier alpha value is -3.13. The molecule has 0 spiro atoms. The minimum atomic E-state index is -4.03. The maximum absolute atomic E-state index is 12.7. The number of sulfonamides is 1. The van der Waals surface area contributed by atoms with Crippen molar-refractivity contribution >= 4 is 15.9 Å². The highest BCUT2D eigenvalue weighted by molar-refractivity contribution is 7.89. The van der Waals surface area contributed by atoms with Crippen LogP contribution in [0.4, 0.5) is 0 Å². The number of rotatable bonds is 9. The number of carbonyl (C=O) groups excluding carboxylic acids is 1. The third-order valence-corrected chi connectivity index (χ3v) is 7.03. The van der Waals surface area contributed by atoms with Crippen LogP contribution in [0.2, 0.25) is 0 Å². The van der Waals surface area contributed by atoms with Gasteiger partial charge in [0.2, 0.25) is 10.0 Å². The van der Waals surface area contributed by atoms with Crippen LogP contribution in [-0.4, -0.2) is 63.8 Å². The zero-order valence-corrected chi connectivity index (χ0v) is 20.1. The predicted molar refractivity (Wildman–Crippen MR) is 125 cm³/mol. The van der Waals surface area contributed by atoms with Crippen molar-refractivity contribution in [3.8, 4) is 17.6 Å². The van der Waals surface area contributed by atoms with E-state index >= 15 is 0 Å². The molecule has 0 radical (unpaired) electrons. The van der Waals surface area contributed by atoms with Crippen LogP contribution in [0.5, 0.6) is 11.5 Å². The third-order valence-electron chi connectivity index (χ3n) is 5.54. The largest absolute Gasteiger partial charge is 0.507 e. The summed E-state index contributed by atoms with van der Waals surface area (Å²) in [5, 5.41) is 19.0. The molecule has 0 aromatic heterocycles. The van der Waals surface area contributed by atoms with Gasteiger partial charge in [-0.3, -0.25) is 4.79 Å². The molecule has 0 saturated carbocycles. The minimum Gasteiger partial charge on any atom is -0.507 e. The SMILES string of the molecule is CC(C)c1ccc(CCNS(=O)(=O)c2cc(C#N)ccc2O)c(OCC(=O)N2CCOCC2)c1. The van der Waals surface area contributed by atoms with E-state index in [1.54, 1.807) is 4.90 Å². The Morgan fingerprint density at radius 3 is 2.65 bits per heavy atom. The van der Waals surface area contributed by atoms with Crippen molar-refractivity contribution in [1.29, 1.82) is 5.26 Å². The van der Waals surface area contributed by atoms with Crippen LogP contribution in [0.15, 0.2) is 41.3 Å². The number of phenols is 1. The summed E-state index contributed by atoms with van der Waals surface area (Å²) in [6, 6.07) is 11.2. The molecule has 1 saturated heterocycles. The molecule has 34 heavy (non-hydrogen) atoms. The summed E-state index contributed by atoms with van der Waals surface area (Å²) >= 11 is 0. The normalized spacial score (nSPS) is 14.1. The van der Waals surface area contributed by atoms with Crippen molar-refractivity contribution in [3.05, 3.63) is 53.1 Å². The molecule has 2 aromatic carbocycles. The molecule has 3 rings (SSSR count). The van der Waals surface area contributed by atoms with Gasteiger partial charge in [0.05, 0.1) is 24.8 Å². The van der Waals surface area contributed by atoms with E-state index in [4.69, 9.17) is 14.7 Å². The van der Waals surface area contributed by atoms with Gasteiger partial charge in [0.25, 0.3) is 5.91 Å². The standard InChI is InChI=1S/C24H29N3O6S/c1-17(2)20-5-4-19(22(14-20)33-16-24(29)27-9-11-32-12-10-27)7-8-26-34(30,31)23-13-18(15-25)3-6-21(23)28/h3-6,13-14,17,26,28H,7-12,16H2,1-2H3. The van der Waals surface area contributed by atoms with Crippen LogP contribution in [-0.2, 0) is 26.0 Å². The van der Waals surface area contributed by atoms with Gasteiger partial charge in [-0.25, -0.2) is 13.1 Å². The summed E-state index contributed by atoms with van der Waals surface area (Å²) in [4.78, 5) is 13.8. The molecule has 1 amide bonds. The molecule has 182 valence electrons. The van der Waals surface area contributed by atoms with Crippen LogP contribution in [0, 0.1) is 11.3 Å². The van der Waals surface area contributed by atoms with Crippen LogP contribution in [0.1, 0.15) is 36.5 Å². The third kappa shape index (κ3) is 6.47. The summed E-state index contributed by atoms with van der Waals surface area (Å²) in [6.07, 6.45) is 0.303. The number of phenolic OH excluding ortho intramolecular Hbond substituents is 1. The van der Waals surface area contributed by atoms with Gasteiger partial charge < -0.3 is 19.5 Å². The first-order valence-corrected chi connectivity index (χ1v) is 12.5. The molecule has 0 aliphatic carbocycles. The van der Waals surface area contributed by atoms with Crippen LogP contribution >= 0.6 is 0 Å². The quantitative estimate of drug-likeness (QED) is 0.554. The highest BCUT2D eigenvalue weighted by Gasteiger charge is 2.20. The highest BCUT2D eigenvalue weighted by Crippen LogP contribution is 2.26. The molecule has 0 atom stereocenters. The molecule has 1 heterocycles. The zero-order chi connectivity index (χ0) is 24.7. The van der Waals surface area contributed by atoms with E-state index in [0.29, 0.717) is 38.5 Å². The molecule has 1 fully saturated rings. The fourth-order valence-corrected chi connectivity index (χ4v) is 4.66. The molecule has 2 aromatic rings. The second kappa shape index (κ2) is 11.3. The number of amides is 1. The average Bonchev–Trinajstić information content (AvgIpc) is 2.83. The molecule has 0 bridgehead atoms. The Morgan fingerprint density at radius 1 is 1.24 bits per heavy atom. The second-order valence-electron chi connectivity index (χ2n) is 8.25. The fraction of sp³-hybridized carbons (Fsp3) is 0.417. The summed E-state index contributed by atoms with van der Waals surface area (Å²) in [7, 11) is -4.03. The Labute approximate surface area is 200 Å². The lowest BCUT2D eigenvalue weighted by atomic mass is 10.00. The van der Waals surface area contributed by atoms with Crippen molar-refractivity contribution < 1.29 is 27.8 Å². The highest BCUT2D eigenvalue weighted by atomic mass is 32.2. The molecule has 1 aliphatic rings. The number of carbonyl (C=O) groups is 1. The van der Waals surface area contributed by atoms with Gasteiger partial charge in [0.1, 0.15) is 16.4 Å². The molecule has 2 N–H and O–H groups in total. The van der Waals surface area contributed by atoms with E-state index in [9.17, 15) is 18.3 Å². The van der Waals surface area contributed by atoms with E-state index in [1.165, 1.54) is 12.1 Å². The van der Waals surface area contributed by atoms with E-state index < -0.39 is 15.8 Å². The first-order valence-electron chi connectivity index (χ1n) is 11.0. The smallest absolute Gasteiger partial charge is 0.260 e. The lowest BCUT2D eigenvalue weighted by molar-refractivity contribution is -0.137. The number of morpholine rings is 1. The van der Waals surface area contributed by atoms with E-state index in [1.807, 2.05) is 38.1 Å². The van der Waals surface area contributed by atoms with Crippen molar-refractivity contribution in [2.24, 2.45) is 0 Å². The lowest BCUT2D eigenvalue weighted by Gasteiger charge is -2.27. The van der Waals surface area contributed by atoms with Gasteiger partial charge in [-0.05, 0) is 47.7 Å². The number of nitriles is 1. The Morgan fingerprint density at radius 2 is 1.97 bits per heavy atom. The first kappa shape index (κ1) is 25.5. The maximum atomic E-state index is 12.7. The first-order chi connectivity index (χ1) is 16.2. The van der Waals surface area contributed by atoms with Crippen LogP contribution in [0.3, 0.4) is 0 Å². The lowest BCUT2D eigenvalue weighted by Crippen LogP contribution is -2.43. The van der Waals surface area contributed by atoms with Gasteiger partial charge >= 0.3 is 0 Å². The number of ether oxygens (including phenoxy) is 2.